The van der Waals surface area contributed by atoms with E-state index in [4.69, 9.17) is 9.84 Å². The summed E-state index contributed by atoms with van der Waals surface area (Å²) in [6, 6.07) is 7.59. The van der Waals surface area contributed by atoms with Crippen LogP contribution in [-0.4, -0.2) is 36.5 Å². The highest BCUT2D eigenvalue weighted by molar-refractivity contribution is 5.95. The van der Waals surface area contributed by atoms with Gasteiger partial charge in [0.15, 0.2) is 0 Å². The summed E-state index contributed by atoms with van der Waals surface area (Å²) >= 11 is 0. The minimum atomic E-state index is -0.773. The zero-order valence-corrected chi connectivity index (χ0v) is 21.2. The number of nitrogens with zero attached hydrogens (tertiary/aromatic N) is 1. The van der Waals surface area contributed by atoms with Gasteiger partial charge in [-0.2, -0.15) is 5.26 Å². The fraction of sp³-hybridized carbons (Fsp3) is 0.500. The summed E-state index contributed by atoms with van der Waals surface area (Å²) in [5.74, 6) is -0.206. The Morgan fingerprint density at radius 2 is 2.11 bits per heavy atom. The van der Waals surface area contributed by atoms with Crippen LogP contribution in [0.5, 0.6) is 5.75 Å². The molecule has 0 saturated heterocycles. The average Bonchev–Trinajstić information content (AvgIpc) is 3.58. The van der Waals surface area contributed by atoms with Crippen LogP contribution < -0.4 is 15.4 Å². The molecule has 1 aliphatic heterocycles. The Balaban J connectivity index is 1.58. The van der Waals surface area contributed by atoms with E-state index < -0.39 is 5.97 Å². The molecule has 3 rings (SSSR count). The molecule has 1 aromatic rings. The van der Waals surface area contributed by atoms with E-state index in [2.05, 4.69) is 23.6 Å². The summed E-state index contributed by atoms with van der Waals surface area (Å²) in [5, 5.41) is 23.8. The number of nitrogens with one attached hydrogen (secondary N) is 2. The van der Waals surface area contributed by atoms with Crippen LogP contribution in [0.25, 0.3) is 0 Å². The number of hydrogen-bond acceptors (Lipinski definition) is 5. The average molecular weight is 494 g/mol. The van der Waals surface area contributed by atoms with E-state index in [1.54, 1.807) is 32.2 Å². The number of benzene rings is 1. The third-order valence-corrected chi connectivity index (χ3v) is 7.10. The van der Waals surface area contributed by atoms with E-state index >= 15 is 0 Å². The van der Waals surface area contributed by atoms with Gasteiger partial charge in [-0.1, -0.05) is 31.9 Å². The number of fused-ring (bicyclic) bond motifs is 2. The molecule has 2 amide bonds. The van der Waals surface area contributed by atoms with Gasteiger partial charge in [-0.15, -0.1) is 0 Å². The fourth-order valence-electron chi connectivity index (χ4n) is 4.94. The number of allylic oxidation sites excluding steroid dienone is 4. The number of hydrogen-bond donors (Lipinski definition) is 3. The smallest absolute Gasteiger partial charge is 0.303 e. The van der Waals surface area contributed by atoms with Crippen LogP contribution in [0.4, 0.5) is 0 Å². The zero-order valence-electron chi connectivity index (χ0n) is 21.2. The molecule has 1 aliphatic carbocycles. The molecule has 192 valence electrons. The lowest BCUT2D eigenvalue weighted by molar-refractivity contribution is -0.137. The van der Waals surface area contributed by atoms with Gasteiger partial charge in [-0.05, 0) is 56.7 Å². The molecule has 3 atom stereocenters. The standard InChI is InChI=1S/C28H35N3O5/c1-18(6-4-5-7-25(32)33)8-9-20(17-29)14-19(2)31-27(35)23-16-28(23)12-13-36-24-15-21(26(34)30-3)10-11-22(24)28/h9-11,14-15,18,23H,4-8,12-13,16H2,1-3H3,(H,30,34)(H,31,35)(H,32,33)/b19-14+,20-9+/t18?,23-,28-/m0/s1. The Hall–Kier alpha value is -3.60. The van der Waals surface area contributed by atoms with E-state index in [9.17, 15) is 19.6 Å². The number of carboxylic acids is 1. The monoisotopic (exact) mass is 493 g/mol. The van der Waals surface area contributed by atoms with Gasteiger partial charge in [-0.3, -0.25) is 14.4 Å². The second kappa shape index (κ2) is 11.9. The lowest BCUT2D eigenvalue weighted by Crippen LogP contribution is -2.30. The van der Waals surface area contributed by atoms with Crippen LogP contribution in [0.15, 0.2) is 41.6 Å². The topological polar surface area (TPSA) is 129 Å². The Morgan fingerprint density at radius 1 is 1.33 bits per heavy atom. The molecule has 1 heterocycles. The SMILES string of the molecule is CNC(=O)c1ccc2c(c1)OCC[C@]21C[C@H]1C(=O)N/C(C)=C/C(C#N)=C\CC(C)CCCCC(=O)O. The van der Waals surface area contributed by atoms with E-state index in [0.717, 1.165) is 31.2 Å². The molecule has 8 nitrogen and oxygen atoms in total. The van der Waals surface area contributed by atoms with Crippen molar-refractivity contribution in [1.29, 1.82) is 5.26 Å². The second-order valence-electron chi connectivity index (χ2n) is 9.87. The molecule has 0 bridgehead atoms. The second-order valence-corrected chi connectivity index (χ2v) is 9.87. The number of nitriles is 1. The van der Waals surface area contributed by atoms with Crippen molar-refractivity contribution in [3.63, 3.8) is 0 Å². The van der Waals surface area contributed by atoms with Gasteiger partial charge in [-0.25, -0.2) is 0 Å². The number of unbranched alkanes of at least 4 members (excludes halogenated alkanes) is 1. The number of carboxylic acid groups (broad SMARTS) is 1. The maximum absolute atomic E-state index is 13.0. The molecule has 1 aromatic carbocycles. The summed E-state index contributed by atoms with van der Waals surface area (Å²) in [7, 11) is 1.58. The van der Waals surface area contributed by atoms with Gasteiger partial charge in [0.2, 0.25) is 5.91 Å². The van der Waals surface area contributed by atoms with Crippen LogP contribution >= 0.6 is 0 Å². The summed E-state index contributed by atoms with van der Waals surface area (Å²) < 4.78 is 5.81. The third kappa shape index (κ3) is 6.54. The van der Waals surface area contributed by atoms with Crippen molar-refractivity contribution in [2.24, 2.45) is 11.8 Å². The number of amides is 2. The van der Waals surface area contributed by atoms with Crippen molar-refractivity contribution < 1.29 is 24.2 Å². The van der Waals surface area contributed by atoms with Crippen LogP contribution in [0.1, 0.15) is 74.7 Å². The maximum Gasteiger partial charge on any atom is 0.303 e. The van der Waals surface area contributed by atoms with Crippen LogP contribution in [0.2, 0.25) is 0 Å². The number of aliphatic carboxylic acids is 1. The van der Waals surface area contributed by atoms with Crippen molar-refractivity contribution in [3.8, 4) is 11.8 Å². The predicted molar refractivity (Wildman–Crippen MR) is 135 cm³/mol. The van der Waals surface area contributed by atoms with Gasteiger partial charge < -0.3 is 20.5 Å². The molecule has 2 aliphatic rings. The highest BCUT2D eigenvalue weighted by atomic mass is 16.5. The van der Waals surface area contributed by atoms with E-state index in [-0.39, 0.29) is 29.6 Å². The van der Waals surface area contributed by atoms with Crippen molar-refractivity contribution in [2.45, 2.75) is 64.2 Å². The Labute approximate surface area is 212 Å². The lowest BCUT2D eigenvalue weighted by atomic mass is 9.86. The number of carbonyl (C=O) groups excluding carboxylic acids is 2. The normalized spacial score (nSPS) is 21.6. The maximum atomic E-state index is 13.0. The lowest BCUT2D eigenvalue weighted by Gasteiger charge is -2.27. The van der Waals surface area contributed by atoms with Gasteiger partial charge in [0.05, 0.1) is 12.7 Å². The quantitative estimate of drug-likeness (QED) is 0.240. The van der Waals surface area contributed by atoms with Crippen molar-refractivity contribution in [3.05, 3.63) is 52.7 Å². The molecular formula is C28H35N3O5. The van der Waals surface area contributed by atoms with Crippen molar-refractivity contribution >= 4 is 17.8 Å². The summed E-state index contributed by atoms with van der Waals surface area (Å²) in [6.45, 7) is 4.36. The van der Waals surface area contributed by atoms with Gasteiger partial charge in [0.25, 0.3) is 5.91 Å². The minimum absolute atomic E-state index is 0.0731. The highest BCUT2D eigenvalue weighted by Crippen LogP contribution is 2.60. The molecule has 0 radical (unpaired) electrons. The molecule has 0 aromatic heterocycles. The van der Waals surface area contributed by atoms with Gasteiger partial charge in [0, 0.05) is 47.2 Å². The Kier molecular flexibility index (Phi) is 8.92. The summed E-state index contributed by atoms with van der Waals surface area (Å²) in [6.07, 6.45) is 8.34. The molecular weight excluding hydrogens is 458 g/mol. The van der Waals surface area contributed by atoms with Crippen molar-refractivity contribution in [1.82, 2.24) is 10.6 Å². The molecule has 1 fully saturated rings. The first kappa shape index (κ1) is 27.0. The summed E-state index contributed by atoms with van der Waals surface area (Å²) in [5.41, 5.74) is 2.33. The molecule has 1 unspecified atom stereocenters. The highest BCUT2D eigenvalue weighted by Gasteiger charge is 2.61. The molecule has 3 N–H and O–H groups in total. The number of carbonyl (C=O) groups is 3. The van der Waals surface area contributed by atoms with Gasteiger partial charge in [0.1, 0.15) is 5.75 Å². The Bertz CT molecular complexity index is 1120. The van der Waals surface area contributed by atoms with Crippen LogP contribution in [-0.2, 0) is 15.0 Å². The van der Waals surface area contributed by atoms with E-state index in [1.807, 2.05) is 12.1 Å². The predicted octanol–water partition coefficient (Wildman–Crippen LogP) is 4.23. The fourth-order valence-corrected chi connectivity index (χ4v) is 4.94. The number of ether oxygens (including phenoxy) is 1. The zero-order chi connectivity index (χ0) is 26.3. The largest absolute Gasteiger partial charge is 0.493 e. The molecule has 1 spiro atoms. The van der Waals surface area contributed by atoms with Crippen molar-refractivity contribution in [2.75, 3.05) is 13.7 Å². The molecule has 8 heteroatoms. The van der Waals surface area contributed by atoms with Gasteiger partial charge >= 0.3 is 5.97 Å². The van der Waals surface area contributed by atoms with E-state index in [1.165, 1.54) is 0 Å². The minimum Gasteiger partial charge on any atom is -0.493 e. The molecule has 1 saturated carbocycles. The first-order valence-electron chi connectivity index (χ1n) is 12.5. The first-order chi connectivity index (χ1) is 17.2. The Morgan fingerprint density at radius 3 is 2.81 bits per heavy atom. The third-order valence-electron chi connectivity index (χ3n) is 7.10. The first-order valence-corrected chi connectivity index (χ1v) is 12.5. The molecule has 36 heavy (non-hydrogen) atoms. The van der Waals surface area contributed by atoms with Crippen LogP contribution in [0.3, 0.4) is 0 Å². The summed E-state index contributed by atoms with van der Waals surface area (Å²) in [4.78, 5) is 35.6. The van der Waals surface area contributed by atoms with E-state index in [0.29, 0.717) is 47.9 Å². The number of rotatable bonds is 11. The van der Waals surface area contributed by atoms with Crippen LogP contribution in [0, 0.1) is 23.2 Å².